The molecule has 0 aliphatic carbocycles. The summed E-state index contributed by atoms with van der Waals surface area (Å²) in [6.45, 7) is 8.90. The molecule has 0 saturated carbocycles. The molecule has 86 valence electrons. The van der Waals surface area contributed by atoms with E-state index in [2.05, 4.69) is 12.2 Å². The quantitative estimate of drug-likeness (QED) is 0.784. The fraction of sp³-hybridized carbons (Fsp3) is 0.667. The first-order chi connectivity index (χ1) is 7.00. The second-order valence-corrected chi connectivity index (χ2v) is 4.36. The fourth-order valence-electron chi connectivity index (χ4n) is 1.46. The highest BCUT2D eigenvalue weighted by molar-refractivity contribution is 5.20. The molecule has 0 fully saturated rings. The Bertz CT molecular complexity index is 313. The summed E-state index contributed by atoms with van der Waals surface area (Å²) in [6.07, 6.45) is 0.902. The molecule has 0 aliphatic heterocycles. The van der Waals surface area contributed by atoms with E-state index in [0.29, 0.717) is 0 Å². The lowest BCUT2D eigenvalue weighted by Crippen LogP contribution is -2.44. The predicted molar refractivity (Wildman–Crippen MR) is 60.8 cm³/mol. The van der Waals surface area contributed by atoms with E-state index in [0.717, 1.165) is 24.5 Å². The lowest BCUT2D eigenvalue weighted by atomic mass is 10.00. The maximum absolute atomic E-state index is 9.25. The summed E-state index contributed by atoms with van der Waals surface area (Å²) in [7, 11) is 0. The van der Waals surface area contributed by atoms with Crippen molar-refractivity contribution in [1.82, 2.24) is 5.32 Å². The maximum Gasteiger partial charge on any atom is 0.105 e. The maximum atomic E-state index is 9.25. The minimum atomic E-state index is -0.197. The van der Waals surface area contributed by atoms with Gasteiger partial charge in [0.1, 0.15) is 11.5 Å². The van der Waals surface area contributed by atoms with Crippen molar-refractivity contribution in [2.45, 2.75) is 46.2 Å². The van der Waals surface area contributed by atoms with Gasteiger partial charge in [-0.15, -0.1) is 0 Å². The Morgan fingerprint density at radius 1 is 1.47 bits per heavy atom. The second-order valence-electron chi connectivity index (χ2n) is 4.36. The van der Waals surface area contributed by atoms with Gasteiger partial charge in [-0.1, -0.05) is 6.92 Å². The smallest absolute Gasteiger partial charge is 0.105 e. The normalized spacial score (nSPS) is 15.3. The van der Waals surface area contributed by atoms with Gasteiger partial charge >= 0.3 is 0 Å². The molecule has 15 heavy (non-hydrogen) atoms. The van der Waals surface area contributed by atoms with Crippen LogP contribution in [0.4, 0.5) is 0 Å². The minimum Gasteiger partial charge on any atom is -0.466 e. The van der Waals surface area contributed by atoms with Crippen LogP contribution in [0, 0.1) is 13.8 Å². The first-order valence-electron chi connectivity index (χ1n) is 5.42. The monoisotopic (exact) mass is 211 g/mol. The Kier molecular flexibility index (Phi) is 3.94. The summed E-state index contributed by atoms with van der Waals surface area (Å²) in [5, 5.41) is 12.6. The molecule has 2 N–H and O–H groups in total. The summed E-state index contributed by atoms with van der Waals surface area (Å²) in [6, 6.07) is 2.04. The van der Waals surface area contributed by atoms with Gasteiger partial charge < -0.3 is 14.8 Å². The van der Waals surface area contributed by atoms with Crippen LogP contribution in [-0.2, 0) is 6.54 Å². The van der Waals surface area contributed by atoms with Gasteiger partial charge in [0.05, 0.1) is 6.61 Å². The number of rotatable bonds is 5. The van der Waals surface area contributed by atoms with Crippen LogP contribution in [-0.4, -0.2) is 17.3 Å². The van der Waals surface area contributed by atoms with Crippen molar-refractivity contribution in [3.8, 4) is 0 Å². The summed E-state index contributed by atoms with van der Waals surface area (Å²) < 4.78 is 5.44. The molecule has 1 aromatic rings. The van der Waals surface area contributed by atoms with Crippen LogP contribution >= 0.6 is 0 Å². The number of hydrogen-bond acceptors (Lipinski definition) is 3. The van der Waals surface area contributed by atoms with E-state index in [4.69, 9.17) is 4.42 Å². The lowest BCUT2D eigenvalue weighted by Gasteiger charge is -2.27. The Morgan fingerprint density at radius 3 is 2.53 bits per heavy atom. The van der Waals surface area contributed by atoms with Crippen LogP contribution in [0.1, 0.15) is 37.4 Å². The van der Waals surface area contributed by atoms with Gasteiger partial charge in [0.2, 0.25) is 0 Å². The standard InChI is InChI=1S/C12H21NO2/c1-5-12(4,8-14)13-7-11-6-9(2)15-10(11)3/h6,13-14H,5,7-8H2,1-4H3. The molecule has 1 unspecified atom stereocenters. The molecule has 0 bridgehead atoms. The molecular weight excluding hydrogens is 190 g/mol. The lowest BCUT2D eigenvalue weighted by molar-refractivity contribution is 0.168. The third-order valence-corrected chi connectivity index (χ3v) is 2.98. The van der Waals surface area contributed by atoms with Crippen molar-refractivity contribution >= 4 is 0 Å². The van der Waals surface area contributed by atoms with Crippen LogP contribution in [0.25, 0.3) is 0 Å². The zero-order valence-electron chi connectivity index (χ0n) is 10.1. The van der Waals surface area contributed by atoms with E-state index in [-0.39, 0.29) is 12.1 Å². The van der Waals surface area contributed by atoms with Crippen LogP contribution < -0.4 is 5.32 Å². The van der Waals surface area contributed by atoms with Crippen LogP contribution in [0.15, 0.2) is 10.5 Å². The number of hydrogen-bond donors (Lipinski definition) is 2. The van der Waals surface area contributed by atoms with E-state index in [9.17, 15) is 5.11 Å². The Hall–Kier alpha value is -0.800. The first kappa shape index (κ1) is 12.3. The molecule has 0 aromatic carbocycles. The average molecular weight is 211 g/mol. The molecule has 0 aliphatic rings. The molecule has 1 rings (SSSR count). The van der Waals surface area contributed by atoms with Gasteiger partial charge in [0.15, 0.2) is 0 Å². The third-order valence-electron chi connectivity index (χ3n) is 2.98. The molecule has 0 saturated heterocycles. The largest absolute Gasteiger partial charge is 0.466 e. The minimum absolute atomic E-state index is 0.152. The van der Waals surface area contributed by atoms with Crippen molar-refractivity contribution in [1.29, 1.82) is 0 Å². The Balaban J connectivity index is 2.60. The summed E-state index contributed by atoms with van der Waals surface area (Å²) in [5.74, 6) is 1.89. The number of aliphatic hydroxyl groups excluding tert-OH is 1. The van der Waals surface area contributed by atoms with Gasteiger partial charge in [0, 0.05) is 17.6 Å². The van der Waals surface area contributed by atoms with Crippen molar-refractivity contribution in [3.63, 3.8) is 0 Å². The van der Waals surface area contributed by atoms with Crippen molar-refractivity contribution in [3.05, 3.63) is 23.2 Å². The second kappa shape index (κ2) is 4.81. The first-order valence-corrected chi connectivity index (χ1v) is 5.42. The fourth-order valence-corrected chi connectivity index (χ4v) is 1.46. The molecule has 1 atom stereocenters. The number of aliphatic hydroxyl groups is 1. The van der Waals surface area contributed by atoms with Gasteiger partial charge in [-0.3, -0.25) is 0 Å². The average Bonchev–Trinajstić information content (AvgIpc) is 2.54. The molecule has 3 heteroatoms. The van der Waals surface area contributed by atoms with Crippen molar-refractivity contribution < 1.29 is 9.52 Å². The topological polar surface area (TPSA) is 45.4 Å². The van der Waals surface area contributed by atoms with Gasteiger partial charge in [-0.25, -0.2) is 0 Å². The van der Waals surface area contributed by atoms with Crippen molar-refractivity contribution in [2.24, 2.45) is 0 Å². The van der Waals surface area contributed by atoms with Crippen molar-refractivity contribution in [2.75, 3.05) is 6.61 Å². The molecule has 0 amide bonds. The van der Waals surface area contributed by atoms with Crippen LogP contribution in [0.2, 0.25) is 0 Å². The molecule has 0 radical (unpaired) electrons. The van der Waals surface area contributed by atoms with Gasteiger partial charge in [-0.05, 0) is 33.3 Å². The summed E-state index contributed by atoms with van der Waals surface area (Å²) >= 11 is 0. The van der Waals surface area contributed by atoms with Crippen LogP contribution in [0.5, 0.6) is 0 Å². The summed E-state index contributed by atoms with van der Waals surface area (Å²) in [5.41, 5.74) is 0.970. The summed E-state index contributed by atoms with van der Waals surface area (Å²) in [4.78, 5) is 0. The van der Waals surface area contributed by atoms with E-state index < -0.39 is 0 Å². The highest BCUT2D eigenvalue weighted by Crippen LogP contribution is 2.15. The van der Waals surface area contributed by atoms with Gasteiger partial charge in [-0.2, -0.15) is 0 Å². The predicted octanol–water partition coefficient (Wildman–Crippen LogP) is 2.15. The third kappa shape index (κ3) is 3.08. The van der Waals surface area contributed by atoms with Crippen LogP contribution in [0.3, 0.4) is 0 Å². The van der Waals surface area contributed by atoms with E-state index in [1.807, 2.05) is 26.8 Å². The zero-order valence-corrected chi connectivity index (χ0v) is 10.1. The van der Waals surface area contributed by atoms with Gasteiger partial charge in [0.25, 0.3) is 0 Å². The highest BCUT2D eigenvalue weighted by Gasteiger charge is 2.20. The molecule has 0 spiro atoms. The number of nitrogens with one attached hydrogen (secondary N) is 1. The molecule has 1 aromatic heterocycles. The SMILES string of the molecule is CCC(C)(CO)NCc1cc(C)oc1C. The molecular formula is C12H21NO2. The van der Waals surface area contributed by atoms with E-state index in [1.165, 1.54) is 5.56 Å². The van der Waals surface area contributed by atoms with E-state index in [1.54, 1.807) is 0 Å². The molecule has 1 heterocycles. The Labute approximate surface area is 91.5 Å². The highest BCUT2D eigenvalue weighted by atomic mass is 16.3. The Morgan fingerprint density at radius 2 is 2.13 bits per heavy atom. The number of furan rings is 1. The molecule has 3 nitrogen and oxygen atoms in total. The zero-order chi connectivity index (χ0) is 11.5. The number of aryl methyl sites for hydroxylation is 2. The van der Waals surface area contributed by atoms with E-state index >= 15 is 0 Å².